The topological polar surface area (TPSA) is 38.9 Å². The molecular formula is C9H9ClN2. The first kappa shape index (κ1) is 8.89. The summed E-state index contributed by atoms with van der Waals surface area (Å²) < 4.78 is 0. The quantitative estimate of drug-likeness (QED) is 0.527. The summed E-state index contributed by atoms with van der Waals surface area (Å²) in [6.07, 6.45) is 3.96. The molecule has 0 aromatic carbocycles. The second kappa shape index (κ2) is 4.63. The molecule has 1 rings (SSSR count). The van der Waals surface area contributed by atoms with E-state index in [0.717, 1.165) is 5.56 Å². The summed E-state index contributed by atoms with van der Waals surface area (Å²) in [4.78, 5) is 3.90. The molecule has 0 radical (unpaired) electrons. The molecule has 0 spiro atoms. The SMILES string of the molecule is Nc1cncc(C#CCCCl)c1. The van der Waals surface area contributed by atoms with Crippen LogP contribution in [0.15, 0.2) is 18.5 Å². The van der Waals surface area contributed by atoms with Crippen LogP contribution < -0.4 is 5.73 Å². The van der Waals surface area contributed by atoms with E-state index in [2.05, 4.69) is 16.8 Å². The molecule has 0 atom stereocenters. The molecule has 2 nitrogen and oxygen atoms in total. The van der Waals surface area contributed by atoms with Gasteiger partial charge in [-0.05, 0) is 6.07 Å². The average molecular weight is 181 g/mol. The van der Waals surface area contributed by atoms with Crippen LogP contribution in [-0.4, -0.2) is 10.9 Å². The zero-order valence-electron chi connectivity index (χ0n) is 6.55. The van der Waals surface area contributed by atoms with E-state index in [1.807, 2.05) is 0 Å². The van der Waals surface area contributed by atoms with Gasteiger partial charge in [0.25, 0.3) is 0 Å². The van der Waals surface area contributed by atoms with Crippen molar-refractivity contribution in [1.82, 2.24) is 4.98 Å². The lowest BCUT2D eigenvalue weighted by Gasteiger charge is -1.91. The first-order valence-electron chi connectivity index (χ1n) is 3.58. The number of nitrogens with two attached hydrogens (primary N) is 1. The molecule has 0 saturated heterocycles. The molecule has 1 aromatic rings. The number of anilines is 1. The molecule has 0 aliphatic carbocycles. The van der Waals surface area contributed by atoms with Gasteiger partial charge in [-0.3, -0.25) is 4.98 Å². The van der Waals surface area contributed by atoms with Gasteiger partial charge < -0.3 is 5.73 Å². The minimum Gasteiger partial charge on any atom is -0.397 e. The Kier molecular flexibility index (Phi) is 3.43. The van der Waals surface area contributed by atoms with Gasteiger partial charge >= 0.3 is 0 Å². The van der Waals surface area contributed by atoms with Crippen molar-refractivity contribution in [3.63, 3.8) is 0 Å². The van der Waals surface area contributed by atoms with Gasteiger partial charge in [-0.2, -0.15) is 0 Å². The van der Waals surface area contributed by atoms with Crippen molar-refractivity contribution in [2.75, 3.05) is 11.6 Å². The number of pyridine rings is 1. The predicted octanol–water partition coefficient (Wildman–Crippen LogP) is 1.64. The lowest BCUT2D eigenvalue weighted by atomic mass is 10.2. The smallest absolute Gasteiger partial charge is 0.0513 e. The van der Waals surface area contributed by atoms with Gasteiger partial charge in [0.15, 0.2) is 0 Å². The Morgan fingerprint density at radius 3 is 3.00 bits per heavy atom. The molecule has 0 unspecified atom stereocenters. The van der Waals surface area contributed by atoms with Crippen LogP contribution >= 0.6 is 11.6 Å². The monoisotopic (exact) mass is 180 g/mol. The highest BCUT2D eigenvalue weighted by Crippen LogP contribution is 2.01. The summed E-state index contributed by atoms with van der Waals surface area (Å²) in [5.41, 5.74) is 6.97. The Bertz CT molecular complexity index is 312. The fraction of sp³-hybridized carbons (Fsp3) is 0.222. The largest absolute Gasteiger partial charge is 0.397 e. The molecule has 0 aliphatic rings. The van der Waals surface area contributed by atoms with Crippen LogP contribution in [0.4, 0.5) is 5.69 Å². The maximum absolute atomic E-state index is 5.51. The van der Waals surface area contributed by atoms with Crippen LogP contribution in [0.25, 0.3) is 0 Å². The number of halogens is 1. The van der Waals surface area contributed by atoms with E-state index >= 15 is 0 Å². The third-order valence-electron chi connectivity index (χ3n) is 1.21. The van der Waals surface area contributed by atoms with Gasteiger partial charge in [-0.1, -0.05) is 11.8 Å². The highest BCUT2D eigenvalue weighted by Gasteiger charge is 1.87. The van der Waals surface area contributed by atoms with E-state index in [4.69, 9.17) is 17.3 Å². The summed E-state index contributed by atoms with van der Waals surface area (Å²) in [6.45, 7) is 0. The van der Waals surface area contributed by atoms with E-state index in [1.54, 1.807) is 18.5 Å². The average Bonchev–Trinajstić information content (AvgIpc) is 2.05. The van der Waals surface area contributed by atoms with Crippen molar-refractivity contribution < 1.29 is 0 Å². The molecule has 2 N–H and O–H groups in total. The van der Waals surface area contributed by atoms with Crippen LogP contribution in [0.3, 0.4) is 0 Å². The van der Waals surface area contributed by atoms with E-state index in [9.17, 15) is 0 Å². The molecule has 0 aliphatic heterocycles. The summed E-state index contributed by atoms with van der Waals surface area (Å²) in [7, 11) is 0. The number of aromatic nitrogens is 1. The Balaban J connectivity index is 2.71. The van der Waals surface area contributed by atoms with Gasteiger partial charge in [-0.15, -0.1) is 11.6 Å². The maximum Gasteiger partial charge on any atom is 0.0513 e. The second-order valence-corrected chi connectivity index (χ2v) is 2.63. The molecule has 1 heterocycles. The van der Waals surface area contributed by atoms with E-state index in [1.165, 1.54) is 0 Å². The molecule has 62 valence electrons. The highest BCUT2D eigenvalue weighted by molar-refractivity contribution is 6.18. The highest BCUT2D eigenvalue weighted by atomic mass is 35.5. The second-order valence-electron chi connectivity index (χ2n) is 2.25. The number of nitrogen functional groups attached to an aromatic ring is 1. The number of hydrogen-bond donors (Lipinski definition) is 1. The van der Waals surface area contributed by atoms with Gasteiger partial charge in [0.1, 0.15) is 0 Å². The van der Waals surface area contributed by atoms with Gasteiger partial charge in [0, 0.05) is 30.3 Å². The molecular weight excluding hydrogens is 172 g/mol. The van der Waals surface area contributed by atoms with Crippen molar-refractivity contribution in [2.45, 2.75) is 6.42 Å². The molecule has 3 heteroatoms. The van der Waals surface area contributed by atoms with Crippen LogP contribution in [0.2, 0.25) is 0 Å². The first-order valence-corrected chi connectivity index (χ1v) is 4.12. The third kappa shape index (κ3) is 2.81. The van der Waals surface area contributed by atoms with E-state index in [0.29, 0.717) is 18.0 Å². The zero-order valence-corrected chi connectivity index (χ0v) is 7.30. The first-order chi connectivity index (χ1) is 5.83. The summed E-state index contributed by atoms with van der Waals surface area (Å²) in [5, 5.41) is 0. The predicted molar refractivity (Wildman–Crippen MR) is 50.9 cm³/mol. The van der Waals surface area contributed by atoms with Crippen molar-refractivity contribution in [3.8, 4) is 11.8 Å². The van der Waals surface area contributed by atoms with Gasteiger partial charge in [0.2, 0.25) is 0 Å². The Labute approximate surface area is 76.8 Å². The molecule has 1 aromatic heterocycles. The Morgan fingerprint density at radius 1 is 1.50 bits per heavy atom. The molecule has 0 bridgehead atoms. The third-order valence-corrected chi connectivity index (χ3v) is 1.40. The standard InChI is InChI=1S/C9H9ClN2/c10-4-2-1-3-8-5-9(11)7-12-6-8/h5-7H,2,4,11H2. The number of alkyl halides is 1. The van der Waals surface area contributed by atoms with Crippen molar-refractivity contribution >= 4 is 17.3 Å². The number of hydrogen-bond acceptors (Lipinski definition) is 2. The fourth-order valence-electron chi connectivity index (χ4n) is 0.738. The number of rotatable bonds is 1. The van der Waals surface area contributed by atoms with Crippen LogP contribution in [-0.2, 0) is 0 Å². The van der Waals surface area contributed by atoms with E-state index < -0.39 is 0 Å². The van der Waals surface area contributed by atoms with Gasteiger partial charge in [0.05, 0.1) is 5.69 Å². The van der Waals surface area contributed by atoms with Gasteiger partial charge in [-0.25, -0.2) is 0 Å². The van der Waals surface area contributed by atoms with Crippen molar-refractivity contribution in [3.05, 3.63) is 24.0 Å². The molecule has 0 fully saturated rings. The summed E-state index contributed by atoms with van der Waals surface area (Å²) >= 11 is 5.46. The molecule has 0 saturated carbocycles. The normalized spacial score (nSPS) is 8.75. The zero-order chi connectivity index (χ0) is 8.81. The summed E-state index contributed by atoms with van der Waals surface area (Å²) in [6, 6.07) is 1.79. The Hall–Kier alpha value is -1.20. The Morgan fingerprint density at radius 2 is 2.33 bits per heavy atom. The minimum absolute atomic E-state index is 0.558. The molecule has 0 amide bonds. The van der Waals surface area contributed by atoms with Crippen LogP contribution in [0.1, 0.15) is 12.0 Å². The minimum atomic E-state index is 0.558. The van der Waals surface area contributed by atoms with Crippen molar-refractivity contribution in [1.29, 1.82) is 0 Å². The van der Waals surface area contributed by atoms with E-state index in [-0.39, 0.29) is 0 Å². The van der Waals surface area contributed by atoms with Crippen LogP contribution in [0, 0.1) is 11.8 Å². The molecule has 12 heavy (non-hydrogen) atoms. The summed E-state index contributed by atoms with van der Waals surface area (Å²) in [5.74, 6) is 6.37. The number of nitrogens with zero attached hydrogens (tertiary/aromatic N) is 1. The van der Waals surface area contributed by atoms with Crippen molar-refractivity contribution in [2.24, 2.45) is 0 Å². The fourth-order valence-corrected chi connectivity index (χ4v) is 0.832. The lowest BCUT2D eigenvalue weighted by Crippen LogP contribution is -1.86. The maximum atomic E-state index is 5.51. The lowest BCUT2D eigenvalue weighted by molar-refractivity contribution is 1.28. The van der Waals surface area contributed by atoms with Crippen LogP contribution in [0.5, 0.6) is 0 Å².